The molecule has 0 aliphatic rings. The summed E-state index contributed by atoms with van der Waals surface area (Å²) >= 11 is 0. The molecule has 0 spiro atoms. The Hall–Kier alpha value is -1.40. The van der Waals surface area contributed by atoms with E-state index in [1.54, 1.807) is 6.92 Å². The second-order valence-corrected chi connectivity index (χ2v) is 2.59. The first-order chi connectivity index (χ1) is 6.37. The third-order valence-electron chi connectivity index (χ3n) is 1.20. The van der Waals surface area contributed by atoms with Crippen molar-refractivity contribution in [2.75, 3.05) is 0 Å². The molecule has 0 aromatic heterocycles. The van der Waals surface area contributed by atoms with E-state index in [4.69, 9.17) is 15.3 Å². The standard InChI is InChI=1S/C8H12O6/c1-2-5-8(12,13)14-7(11)4-3-6(9)10/h3-4,12-13H,2,5H2,1H3,(H,9,10)/b4-3+. The zero-order valence-corrected chi connectivity index (χ0v) is 7.64. The van der Waals surface area contributed by atoms with Gasteiger partial charge in [-0.3, -0.25) is 0 Å². The highest BCUT2D eigenvalue weighted by atomic mass is 16.8. The van der Waals surface area contributed by atoms with Crippen LogP contribution in [0.25, 0.3) is 0 Å². The molecule has 0 amide bonds. The van der Waals surface area contributed by atoms with Gasteiger partial charge >= 0.3 is 17.9 Å². The predicted octanol–water partition coefficient (Wildman–Crippen LogP) is -0.391. The fourth-order valence-corrected chi connectivity index (χ4v) is 0.711. The monoisotopic (exact) mass is 204 g/mol. The number of hydrogen-bond acceptors (Lipinski definition) is 5. The van der Waals surface area contributed by atoms with Crippen LogP contribution in [0.4, 0.5) is 0 Å². The van der Waals surface area contributed by atoms with Crippen molar-refractivity contribution in [3.63, 3.8) is 0 Å². The van der Waals surface area contributed by atoms with Gasteiger partial charge in [0.1, 0.15) is 0 Å². The summed E-state index contributed by atoms with van der Waals surface area (Å²) < 4.78 is 4.15. The lowest BCUT2D eigenvalue weighted by Gasteiger charge is -2.19. The number of rotatable bonds is 5. The lowest BCUT2D eigenvalue weighted by Crippen LogP contribution is -2.33. The number of carboxylic acids is 1. The van der Waals surface area contributed by atoms with Crippen molar-refractivity contribution < 1.29 is 29.6 Å². The molecular formula is C8H12O6. The summed E-state index contributed by atoms with van der Waals surface area (Å²) in [6, 6.07) is 0. The van der Waals surface area contributed by atoms with Crippen LogP contribution in [0.5, 0.6) is 0 Å². The third-order valence-corrected chi connectivity index (χ3v) is 1.20. The van der Waals surface area contributed by atoms with Gasteiger partial charge in [0, 0.05) is 18.6 Å². The van der Waals surface area contributed by atoms with E-state index in [9.17, 15) is 9.59 Å². The van der Waals surface area contributed by atoms with Crippen molar-refractivity contribution in [3.05, 3.63) is 12.2 Å². The summed E-state index contributed by atoms with van der Waals surface area (Å²) in [6.45, 7) is 1.67. The predicted molar refractivity (Wildman–Crippen MR) is 44.9 cm³/mol. The molecule has 0 rings (SSSR count). The molecule has 6 nitrogen and oxygen atoms in total. The quantitative estimate of drug-likeness (QED) is 0.320. The number of carbonyl (C=O) groups is 2. The Labute approximate surface area is 80.4 Å². The number of carbonyl (C=O) groups excluding carboxylic acids is 1. The van der Waals surface area contributed by atoms with Gasteiger partial charge in [-0.2, -0.15) is 0 Å². The molecule has 0 bridgehead atoms. The molecule has 0 saturated heterocycles. The van der Waals surface area contributed by atoms with Gasteiger partial charge in [0.25, 0.3) is 0 Å². The second kappa shape index (κ2) is 5.36. The van der Waals surface area contributed by atoms with Crippen molar-refractivity contribution in [1.82, 2.24) is 0 Å². The van der Waals surface area contributed by atoms with Crippen LogP contribution in [0.15, 0.2) is 12.2 Å². The number of hydrogen-bond donors (Lipinski definition) is 3. The molecule has 14 heavy (non-hydrogen) atoms. The largest absolute Gasteiger partial charge is 0.478 e. The highest BCUT2D eigenvalue weighted by Gasteiger charge is 2.25. The van der Waals surface area contributed by atoms with Crippen LogP contribution < -0.4 is 0 Å². The van der Waals surface area contributed by atoms with Gasteiger partial charge in [-0.15, -0.1) is 0 Å². The molecule has 0 aromatic rings. The number of ether oxygens (including phenoxy) is 1. The summed E-state index contributed by atoms with van der Waals surface area (Å²) in [7, 11) is 0. The average Bonchev–Trinajstić information content (AvgIpc) is 1.99. The zero-order valence-electron chi connectivity index (χ0n) is 7.64. The first-order valence-corrected chi connectivity index (χ1v) is 3.96. The summed E-state index contributed by atoms with van der Waals surface area (Å²) in [4.78, 5) is 20.7. The van der Waals surface area contributed by atoms with Crippen LogP contribution in [-0.4, -0.2) is 33.2 Å². The molecule has 0 heterocycles. The Morgan fingerprint density at radius 2 is 1.93 bits per heavy atom. The van der Waals surface area contributed by atoms with Crippen molar-refractivity contribution in [3.8, 4) is 0 Å². The Morgan fingerprint density at radius 3 is 2.36 bits per heavy atom. The fraction of sp³-hybridized carbons (Fsp3) is 0.500. The van der Waals surface area contributed by atoms with Gasteiger partial charge < -0.3 is 20.1 Å². The average molecular weight is 204 g/mol. The topological polar surface area (TPSA) is 104 Å². The molecule has 0 unspecified atom stereocenters. The molecule has 0 aromatic carbocycles. The number of aliphatic carboxylic acids is 1. The first-order valence-electron chi connectivity index (χ1n) is 3.96. The molecule has 0 radical (unpaired) electrons. The third kappa shape index (κ3) is 6.15. The summed E-state index contributed by atoms with van der Waals surface area (Å²) in [5, 5.41) is 26.1. The molecular weight excluding hydrogens is 192 g/mol. The fourth-order valence-electron chi connectivity index (χ4n) is 0.711. The van der Waals surface area contributed by atoms with E-state index < -0.39 is 17.9 Å². The second-order valence-electron chi connectivity index (χ2n) is 2.59. The minimum absolute atomic E-state index is 0.139. The maximum atomic E-state index is 10.7. The van der Waals surface area contributed by atoms with Gasteiger partial charge in [0.05, 0.1) is 0 Å². The zero-order chi connectivity index (χ0) is 11.2. The van der Waals surface area contributed by atoms with E-state index in [0.29, 0.717) is 18.6 Å². The van der Waals surface area contributed by atoms with Crippen LogP contribution in [0.2, 0.25) is 0 Å². The molecule has 3 N–H and O–H groups in total. The van der Waals surface area contributed by atoms with Gasteiger partial charge in [-0.25, -0.2) is 9.59 Å². The van der Waals surface area contributed by atoms with Crippen LogP contribution >= 0.6 is 0 Å². The minimum atomic E-state index is -2.53. The summed E-state index contributed by atoms with van der Waals surface area (Å²) in [5.41, 5.74) is 0. The Kier molecular flexibility index (Phi) is 4.82. The van der Waals surface area contributed by atoms with Crippen LogP contribution in [0, 0.1) is 0 Å². The highest BCUT2D eigenvalue weighted by Crippen LogP contribution is 2.10. The van der Waals surface area contributed by atoms with Gasteiger partial charge in [0.2, 0.25) is 0 Å². The Balaban J connectivity index is 4.11. The number of aliphatic hydroxyl groups is 2. The maximum absolute atomic E-state index is 10.7. The smallest absolute Gasteiger partial charge is 0.335 e. The van der Waals surface area contributed by atoms with E-state index in [1.165, 1.54) is 0 Å². The van der Waals surface area contributed by atoms with E-state index in [-0.39, 0.29) is 6.42 Å². The van der Waals surface area contributed by atoms with Gasteiger partial charge in [-0.05, 0) is 6.42 Å². The first kappa shape index (κ1) is 12.6. The van der Waals surface area contributed by atoms with Crippen molar-refractivity contribution in [1.29, 1.82) is 0 Å². The highest BCUT2D eigenvalue weighted by molar-refractivity contribution is 5.90. The lowest BCUT2D eigenvalue weighted by atomic mass is 10.3. The van der Waals surface area contributed by atoms with Crippen molar-refractivity contribution in [2.24, 2.45) is 0 Å². The summed E-state index contributed by atoms with van der Waals surface area (Å²) in [5.74, 6) is -4.97. The van der Waals surface area contributed by atoms with E-state index in [2.05, 4.69) is 4.74 Å². The molecule has 0 aliphatic carbocycles. The molecule has 80 valence electrons. The van der Waals surface area contributed by atoms with E-state index in [1.807, 2.05) is 0 Å². The van der Waals surface area contributed by atoms with Crippen LogP contribution in [-0.2, 0) is 14.3 Å². The van der Waals surface area contributed by atoms with Crippen LogP contribution in [0.1, 0.15) is 19.8 Å². The number of esters is 1. The van der Waals surface area contributed by atoms with Gasteiger partial charge in [-0.1, -0.05) is 6.92 Å². The molecule has 0 fully saturated rings. The molecule has 6 heteroatoms. The SMILES string of the molecule is CCCC(O)(O)OC(=O)/C=C/C(=O)O. The van der Waals surface area contributed by atoms with E-state index >= 15 is 0 Å². The molecule has 0 aliphatic heterocycles. The normalized spacial score (nSPS) is 11.6. The maximum Gasteiger partial charge on any atom is 0.335 e. The Bertz CT molecular complexity index is 242. The molecule has 0 atom stereocenters. The Morgan fingerprint density at radius 1 is 1.36 bits per heavy atom. The lowest BCUT2D eigenvalue weighted by molar-refractivity contribution is -0.319. The van der Waals surface area contributed by atoms with Gasteiger partial charge in [0.15, 0.2) is 0 Å². The van der Waals surface area contributed by atoms with Crippen LogP contribution in [0.3, 0.4) is 0 Å². The molecule has 0 saturated carbocycles. The number of carboxylic acid groups (broad SMARTS) is 1. The summed E-state index contributed by atoms with van der Waals surface area (Å²) in [6.07, 6.45) is 1.41. The van der Waals surface area contributed by atoms with Crippen molar-refractivity contribution >= 4 is 11.9 Å². The minimum Gasteiger partial charge on any atom is -0.478 e. The van der Waals surface area contributed by atoms with Crippen molar-refractivity contribution in [2.45, 2.75) is 25.7 Å². The van der Waals surface area contributed by atoms with E-state index in [0.717, 1.165) is 0 Å².